The lowest BCUT2D eigenvalue weighted by molar-refractivity contribution is -0.130. The summed E-state index contributed by atoms with van der Waals surface area (Å²) in [6, 6.07) is 17.9. The molecule has 9 heteroatoms. The second-order valence-corrected chi connectivity index (χ2v) is 9.98. The zero-order valence-electron chi connectivity index (χ0n) is 20.3. The largest absolute Gasteiger partial charge is 0.497 e. The van der Waals surface area contributed by atoms with Gasteiger partial charge in [0.1, 0.15) is 17.1 Å². The Morgan fingerprint density at radius 1 is 1.00 bits per heavy atom. The number of aromatic nitrogens is 1. The number of H-pyrrole nitrogens is 1. The summed E-state index contributed by atoms with van der Waals surface area (Å²) >= 11 is 0. The van der Waals surface area contributed by atoms with E-state index in [9.17, 15) is 18.8 Å². The van der Waals surface area contributed by atoms with E-state index in [1.54, 1.807) is 24.3 Å². The molecular formula is C29H23FN4O4. The molecular weight excluding hydrogens is 487 g/mol. The number of methoxy groups -OCH3 is 1. The minimum atomic E-state index is -1.58. The number of nitrogens with one attached hydrogen (secondary N) is 3. The number of rotatable bonds is 4. The van der Waals surface area contributed by atoms with E-state index in [2.05, 4.69) is 15.6 Å². The van der Waals surface area contributed by atoms with Crippen LogP contribution in [0, 0.1) is 17.7 Å². The van der Waals surface area contributed by atoms with Crippen LogP contribution in [0.3, 0.4) is 0 Å². The number of carbonyl (C=O) groups is 3. The molecule has 3 aliphatic heterocycles. The molecule has 0 saturated carbocycles. The first kappa shape index (κ1) is 22.7. The first-order valence-corrected chi connectivity index (χ1v) is 12.4. The van der Waals surface area contributed by atoms with Crippen molar-refractivity contribution < 1.29 is 23.5 Å². The fourth-order valence-corrected chi connectivity index (χ4v) is 6.47. The number of carbonyl (C=O) groups excluding carboxylic acids is 3. The van der Waals surface area contributed by atoms with Crippen LogP contribution < -0.4 is 20.3 Å². The van der Waals surface area contributed by atoms with E-state index < -0.39 is 47.0 Å². The van der Waals surface area contributed by atoms with Crippen LogP contribution in [0.25, 0.3) is 10.9 Å². The molecule has 4 aromatic rings. The van der Waals surface area contributed by atoms with Crippen LogP contribution in [0.4, 0.5) is 15.8 Å². The maximum atomic E-state index is 14.5. The number of nitrogens with zero attached hydrogens (tertiary/aromatic N) is 1. The highest BCUT2D eigenvalue weighted by Gasteiger charge is 2.70. The fraction of sp³-hybridized carbons (Fsp3) is 0.207. The molecule has 4 heterocycles. The van der Waals surface area contributed by atoms with Crippen molar-refractivity contribution in [3.8, 4) is 5.75 Å². The summed E-state index contributed by atoms with van der Waals surface area (Å²) in [5.74, 6) is -3.17. The Morgan fingerprint density at radius 3 is 2.58 bits per heavy atom. The lowest BCUT2D eigenvalue weighted by atomic mass is 9.76. The zero-order valence-corrected chi connectivity index (χ0v) is 20.3. The van der Waals surface area contributed by atoms with Crippen LogP contribution in [0.15, 0.2) is 72.9 Å². The molecule has 3 aliphatic rings. The van der Waals surface area contributed by atoms with Gasteiger partial charge in [-0.25, -0.2) is 9.29 Å². The number of benzene rings is 3. The predicted octanol–water partition coefficient (Wildman–Crippen LogP) is 3.48. The molecule has 0 unspecified atom stereocenters. The van der Waals surface area contributed by atoms with Crippen LogP contribution in [-0.2, 0) is 26.3 Å². The Bertz CT molecular complexity index is 1650. The number of hydrogen-bond acceptors (Lipinski definition) is 5. The molecule has 2 saturated heterocycles. The molecule has 7 rings (SSSR count). The molecule has 0 aliphatic carbocycles. The number of para-hydroxylation sites is 1. The summed E-state index contributed by atoms with van der Waals surface area (Å²) in [4.78, 5) is 46.1. The predicted molar refractivity (Wildman–Crippen MR) is 138 cm³/mol. The normalized spacial score (nSPS) is 25.8. The average Bonchev–Trinajstić information content (AvgIpc) is 3.63. The minimum absolute atomic E-state index is 0.344. The third kappa shape index (κ3) is 2.96. The molecule has 190 valence electrons. The van der Waals surface area contributed by atoms with Crippen molar-refractivity contribution in [3.05, 3.63) is 89.9 Å². The van der Waals surface area contributed by atoms with Crippen LogP contribution >= 0.6 is 0 Å². The van der Waals surface area contributed by atoms with Crippen molar-refractivity contribution >= 4 is 40.0 Å². The van der Waals surface area contributed by atoms with Gasteiger partial charge in [0.2, 0.25) is 17.7 Å². The molecule has 3 N–H and O–H groups in total. The Labute approximate surface area is 216 Å². The van der Waals surface area contributed by atoms with Gasteiger partial charge in [0.15, 0.2) is 0 Å². The Hall–Kier alpha value is -4.50. The van der Waals surface area contributed by atoms with Crippen molar-refractivity contribution in [2.75, 3.05) is 17.3 Å². The summed E-state index contributed by atoms with van der Waals surface area (Å²) in [5.41, 5.74) is 1.50. The SMILES string of the molecule is COc1ccc(N2C(=O)[C@H]3[C@@H](C2=O)[C@@]2(N[C@@H]3Cc3c[nH]c4ccccc34)C(=O)Nc3ccc(F)cc32)cc1. The molecule has 0 radical (unpaired) electrons. The monoisotopic (exact) mass is 510 g/mol. The van der Waals surface area contributed by atoms with E-state index in [1.807, 2.05) is 30.5 Å². The molecule has 4 atom stereocenters. The van der Waals surface area contributed by atoms with Gasteiger partial charge in [-0.1, -0.05) is 18.2 Å². The number of hydrogen-bond donors (Lipinski definition) is 3. The van der Waals surface area contributed by atoms with Gasteiger partial charge in [-0.3, -0.25) is 19.7 Å². The Balaban J connectivity index is 1.37. The maximum Gasteiger partial charge on any atom is 0.250 e. The van der Waals surface area contributed by atoms with Crippen molar-refractivity contribution in [2.24, 2.45) is 11.8 Å². The highest BCUT2D eigenvalue weighted by molar-refractivity contribution is 6.25. The van der Waals surface area contributed by atoms with Gasteiger partial charge in [-0.2, -0.15) is 0 Å². The summed E-state index contributed by atoms with van der Waals surface area (Å²) in [6.45, 7) is 0. The lowest BCUT2D eigenvalue weighted by Crippen LogP contribution is -2.53. The second-order valence-electron chi connectivity index (χ2n) is 9.98. The van der Waals surface area contributed by atoms with E-state index in [0.29, 0.717) is 29.1 Å². The quantitative estimate of drug-likeness (QED) is 0.365. The number of aromatic amines is 1. The summed E-state index contributed by atoms with van der Waals surface area (Å²) < 4.78 is 19.7. The molecule has 2 fully saturated rings. The van der Waals surface area contributed by atoms with Crippen molar-refractivity contribution in [3.63, 3.8) is 0 Å². The van der Waals surface area contributed by atoms with E-state index in [4.69, 9.17) is 4.74 Å². The molecule has 1 aromatic heterocycles. The van der Waals surface area contributed by atoms with Crippen molar-refractivity contribution in [2.45, 2.75) is 18.0 Å². The lowest BCUT2D eigenvalue weighted by Gasteiger charge is -2.29. The molecule has 3 aromatic carbocycles. The van der Waals surface area contributed by atoms with E-state index in [-0.39, 0.29) is 0 Å². The summed E-state index contributed by atoms with van der Waals surface area (Å²) in [6.07, 6.45) is 2.28. The van der Waals surface area contributed by atoms with E-state index >= 15 is 0 Å². The van der Waals surface area contributed by atoms with Gasteiger partial charge in [0, 0.05) is 34.4 Å². The number of ether oxygens (including phenoxy) is 1. The van der Waals surface area contributed by atoms with Crippen LogP contribution in [0.5, 0.6) is 5.75 Å². The number of imide groups is 1. The maximum absolute atomic E-state index is 14.5. The third-order valence-corrected chi connectivity index (χ3v) is 8.12. The second kappa shape index (κ2) is 8.00. The van der Waals surface area contributed by atoms with E-state index in [1.165, 1.54) is 25.3 Å². The third-order valence-electron chi connectivity index (χ3n) is 8.12. The van der Waals surface area contributed by atoms with Crippen molar-refractivity contribution in [1.29, 1.82) is 0 Å². The topological polar surface area (TPSA) is 104 Å². The number of halogens is 1. The number of amides is 3. The number of anilines is 2. The number of fused-ring (bicyclic) bond motifs is 5. The molecule has 38 heavy (non-hydrogen) atoms. The van der Waals surface area contributed by atoms with E-state index in [0.717, 1.165) is 21.4 Å². The Kier molecular flexibility index (Phi) is 4.77. The van der Waals surface area contributed by atoms with Gasteiger partial charge in [-0.15, -0.1) is 0 Å². The minimum Gasteiger partial charge on any atom is -0.497 e. The van der Waals surface area contributed by atoms with Gasteiger partial charge >= 0.3 is 0 Å². The van der Waals surface area contributed by atoms with Gasteiger partial charge in [-0.05, 0) is 60.5 Å². The fourth-order valence-electron chi connectivity index (χ4n) is 6.47. The molecule has 0 bridgehead atoms. The average molecular weight is 511 g/mol. The van der Waals surface area contributed by atoms with Gasteiger partial charge < -0.3 is 15.0 Å². The summed E-state index contributed by atoms with van der Waals surface area (Å²) in [5, 5.41) is 7.18. The standard InChI is InChI=1S/C29H23FN4O4/c1-38-18-9-7-17(8-10-18)34-26(35)24-23(12-15-14-31-21-5-3-2-4-19(15)21)33-29(25(24)27(34)36)20-13-16(30)6-11-22(20)32-28(29)37/h2-11,13-14,23-25,31,33H,12H2,1H3,(H,32,37)/t23-,24-,25+,29-/m1/s1. The van der Waals surface area contributed by atoms with Gasteiger partial charge in [0.25, 0.3) is 0 Å². The molecule has 1 spiro atoms. The molecule has 3 amide bonds. The smallest absolute Gasteiger partial charge is 0.250 e. The Morgan fingerprint density at radius 2 is 1.79 bits per heavy atom. The van der Waals surface area contributed by atoms with Crippen LogP contribution in [0.1, 0.15) is 11.1 Å². The van der Waals surface area contributed by atoms with Gasteiger partial charge in [0.05, 0.1) is 24.6 Å². The van der Waals surface area contributed by atoms with Crippen LogP contribution in [0.2, 0.25) is 0 Å². The van der Waals surface area contributed by atoms with Crippen molar-refractivity contribution in [1.82, 2.24) is 10.3 Å². The molecule has 8 nitrogen and oxygen atoms in total. The van der Waals surface area contributed by atoms with Crippen LogP contribution in [-0.4, -0.2) is 35.9 Å². The zero-order chi connectivity index (χ0) is 26.2. The summed E-state index contributed by atoms with van der Waals surface area (Å²) in [7, 11) is 1.53. The first-order valence-electron chi connectivity index (χ1n) is 12.4. The first-order chi connectivity index (χ1) is 18.4. The highest BCUT2D eigenvalue weighted by atomic mass is 19.1. The highest BCUT2D eigenvalue weighted by Crippen LogP contribution is 2.54.